The highest BCUT2D eigenvalue weighted by Crippen LogP contribution is 2.20. The number of sulfonamides is 1. The van der Waals surface area contributed by atoms with E-state index in [0.717, 1.165) is 3.57 Å². The van der Waals surface area contributed by atoms with Crippen LogP contribution in [0.15, 0.2) is 82.1 Å². The van der Waals surface area contributed by atoms with Crippen molar-refractivity contribution < 1.29 is 22.4 Å². The van der Waals surface area contributed by atoms with Gasteiger partial charge in [0, 0.05) is 9.26 Å². The molecule has 34 heavy (non-hydrogen) atoms. The van der Waals surface area contributed by atoms with E-state index in [-0.39, 0.29) is 28.2 Å². The lowest BCUT2D eigenvalue weighted by atomic mass is 10.3. The molecule has 174 valence electrons. The summed E-state index contributed by atoms with van der Waals surface area (Å²) in [5.41, 5.74) is 0.392. The van der Waals surface area contributed by atoms with Crippen LogP contribution in [0.4, 0.5) is 11.5 Å². The Hall–Kier alpha value is -3.16. The molecule has 0 spiro atoms. The van der Waals surface area contributed by atoms with E-state index in [2.05, 4.69) is 42.8 Å². The summed E-state index contributed by atoms with van der Waals surface area (Å²) in [5.74, 6) is 0.824. The van der Waals surface area contributed by atoms with Gasteiger partial charge in [-0.2, -0.15) is 0 Å². The van der Waals surface area contributed by atoms with Crippen LogP contribution in [0, 0.1) is 3.57 Å². The Morgan fingerprint density at radius 1 is 0.971 bits per heavy atom. The molecule has 0 saturated heterocycles. The van der Waals surface area contributed by atoms with Crippen molar-refractivity contribution in [2.75, 3.05) is 10.0 Å². The molecule has 2 aromatic carbocycles. The third-order valence-electron chi connectivity index (χ3n) is 4.37. The van der Waals surface area contributed by atoms with Crippen LogP contribution >= 0.6 is 34.2 Å². The fraction of sp³-hybridized carbons (Fsp3) is 0.0455. The number of anilines is 2. The second-order valence-electron chi connectivity index (χ2n) is 6.83. The van der Waals surface area contributed by atoms with Gasteiger partial charge in [0.2, 0.25) is 0 Å². The van der Waals surface area contributed by atoms with E-state index in [1.807, 2.05) is 24.3 Å². The van der Waals surface area contributed by atoms with Crippen molar-refractivity contribution >= 4 is 61.6 Å². The van der Waals surface area contributed by atoms with Gasteiger partial charge in [0.15, 0.2) is 16.7 Å². The van der Waals surface area contributed by atoms with E-state index >= 15 is 0 Å². The van der Waals surface area contributed by atoms with Crippen LogP contribution < -0.4 is 14.8 Å². The number of ether oxygens (including phenoxy) is 1. The summed E-state index contributed by atoms with van der Waals surface area (Å²) in [6.07, 6.45) is 0. The first-order chi connectivity index (χ1) is 16.3. The molecule has 0 radical (unpaired) electrons. The van der Waals surface area contributed by atoms with Crippen molar-refractivity contribution in [2.24, 2.45) is 0 Å². The number of hydrogen-bond donors (Lipinski definition) is 2. The maximum absolute atomic E-state index is 12.5. The molecular formula is C22H16ClIN4O5S. The lowest BCUT2D eigenvalue weighted by Gasteiger charge is -2.08. The number of hydrogen-bond acceptors (Lipinski definition) is 7. The predicted molar refractivity (Wildman–Crippen MR) is 134 cm³/mol. The Balaban J connectivity index is 1.35. The highest BCUT2D eigenvalue weighted by Gasteiger charge is 2.16. The molecule has 2 N–H and O–H groups in total. The molecule has 12 heteroatoms. The van der Waals surface area contributed by atoms with Gasteiger partial charge in [-0.05, 0) is 95.4 Å². The van der Waals surface area contributed by atoms with Gasteiger partial charge in [-0.3, -0.25) is 9.52 Å². The zero-order chi connectivity index (χ0) is 24.1. The molecule has 1 amide bonds. The third kappa shape index (κ3) is 6.24. The summed E-state index contributed by atoms with van der Waals surface area (Å²) >= 11 is 7.86. The molecular weight excluding hydrogens is 595 g/mol. The zero-order valence-corrected chi connectivity index (χ0v) is 21.0. The molecule has 2 heterocycles. The highest BCUT2D eigenvalue weighted by molar-refractivity contribution is 14.1. The Kier molecular flexibility index (Phi) is 7.34. The molecule has 2 aromatic heterocycles. The van der Waals surface area contributed by atoms with Crippen molar-refractivity contribution in [1.29, 1.82) is 0 Å². The molecule has 4 aromatic rings. The van der Waals surface area contributed by atoms with Gasteiger partial charge in [0.05, 0.1) is 4.90 Å². The molecule has 0 bridgehead atoms. The van der Waals surface area contributed by atoms with E-state index in [0.29, 0.717) is 17.2 Å². The van der Waals surface area contributed by atoms with Gasteiger partial charge in [-0.1, -0.05) is 11.6 Å². The lowest BCUT2D eigenvalue weighted by Crippen LogP contribution is -2.15. The minimum absolute atomic E-state index is 0.0183. The normalized spacial score (nSPS) is 11.1. The summed E-state index contributed by atoms with van der Waals surface area (Å²) in [6, 6.07) is 19.2. The fourth-order valence-corrected chi connectivity index (χ4v) is 4.20. The number of nitrogens with one attached hydrogen (secondary N) is 2. The van der Waals surface area contributed by atoms with Crippen LogP contribution in [-0.2, 0) is 16.6 Å². The molecule has 0 aliphatic rings. The van der Waals surface area contributed by atoms with Crippen LogP contribution in [0.2, 0.25) is 5.15 Å². The summed E-state index contributed by atoms with van der Waals surface area (Å²) in [7, 11) is -3.89. The van der Waals surface area contributed by atoms with Crippen molar-refractivity contribution in [3.05, 3.63) is 93.0 Å². The van der Waals surface area contributed by atoms with Crippen molar-refractivity contribution in [3.8, 4) is 5.75 Å². The van der Waals surface area contributed by atoms with E-state index in [1.165, 1.54) is 42.5 Å². The Bertz CT molecular complexity index is 1390. The summed E-state index contributed by atoms with van der Waals surface area (Å²) in [4.78, 5) is 12.5. The smallest absolute Gasteiger partial charge is 0.291 e. The quantitative estimate of drug-likeness (QED) is 0.270. The average Bonchev–Trinajstić information content (AvgIpc) is 3.30. The van der Waals surface area contributed by atoms with Crippen molar-refractivity contribution in [1.82, 2.24) is 10.2 Å². The zero-order valence-electron chi connectivity index (χ0n) is 17.2. The topological polar surface area (TPSA) is 123 Å². The second kappa shape index (κ2) is 10.4. The summed E-state index contributed by atoms with van der Waals surface area (Å²) < 4.78 is 39.6. The van der Waals surface area contributed by atoms with E-state index in [1.54, 1.807) is 6.07 Å². The maximum Gasteiger partial charge on any atom is 0.291 e. The molecule has 0 aliphatic carbocycles. The number of amides is 1. The van der Waals surface area contributed by atoms with Gasteiger partial charge >= 0.3 is 0 Å². The van der Waals surface area contributed by atoms with Crippen LogP contribution in [0.1, 0.15) is 16.3 Å². The first kappa shape index (κ1) is 24.0. The molecule has 9 nitrogen and oxygen atoms in total. The standard InChI is InChI=1S/C22H16ClIN4O5S/c23-20-11-12-21(27-26-20)28-34(30,31)18-8-3-15(4-9-18)25-22(29)19-10-7-17(33-19)13-32-16-5-1-14(24)2-6-16/h1-12H,13H2,(H,25,29)(H,27,28). The first-order valence-corrected chi connectivity index (χ1v) is 12.6. The van der Waals surface area contributed by atoms with E-state index < -0.39 is 15.9 Å². The van der Waals surface area contributed by atoms with Gasteiger partial charge in [0.1, 0.15) is 18.1 Å². The van der Waals surface area contributed by atoms with E-state index in [4.69, 9.17) is 20.8 Å². The Morgan fingerprint density at radius 3 is 2.38 bits per heavy atom. The van der Waals surface area contributed by atoms with Crippen LogP contribution in [0.5, 0.6) is 5.75 Å². The van der Waals surface area contributed by atoms with Gasteiger partial charge in [-0.25, -0.2) is 8.42 Å². The summed E-state index contributed by atoms with van der Waals surface area (Å²) in [6.45, 7) is 0.172. The Morgan fingerprint density at radius 2 is 1.71 bits per heavy atom. The number of aromatic nitrogens is 2. The van der Waals surface area contributed by atoms with Gasteiger partial charge in [-0.15, -0.1) is 10.2 Å². The van der Waals surface area contributed by atoms with Crippen LogP contribution in [0.3, 0.4) is 0 Å². The van der Waals surface area contributed by atoms with Gasteiger partial charge < -0.3 is 14.5 Å². The molecule has 0 fully saturated rings. The van der Waals surface area contributed by atoms with E-state index in [9.17, 15) is 13.2 Å². The number of carbonyl (C=O) groups is 1. The molecule has 0 saturated carbocycles. The van der Waals surface area contributed by atoms with Crippen LogP contribution in [0.25, 0.3) is 0 Å². The fourth-order valence-electron chi connectivity index (χ4n) is 2.74. The average molecular weight is 611 g/mol. The summed E-state index contributed by atoms with van der Waals surface area (Å²) in [5, 5.41) is 10.1. The molecule has 0 unspecified atom stereocenters. The second-order valence-corrected chi connectivity index (χ2v) is 10.1. The predicted octanol–water partition coefficient (Wildman–Crippen LogP) is 4.96. The SMILES string of the molecule is O=C(Nc1ccc(S(=O)(=O)Nc2ccc(Cl)nn2)cc1)c1ccc(COc2ccc(I)cc2)o1. The van der Waals surface area contributed by atoms with Crippen molar-refractivity contribution in [3.63, 3.8) is 0 Å². The maximum atomic E-state index is 12.5. The first-order valence-electron chi connectivity index (χ1n) is 9.69. The van der Waals surface area contributed by atoms with Crippen LogP contribution in [-0.4, -0.2) is 24.5 Å². The number of rotatable bonds is 8. The molecule has 4 rings (SSSR count). The highest BCUT2D eigenvalue weighted by atomic mass is 127. The largest absolute Gasteiger partial charge is 0.486 e. The lowest BCUT2D eigenvalue weighted by molar-refractivity contribution is 0.0992. The number of nitrogens with zero attached hydrogens (tertiary/aromatic N) is 2. The number of benzene rings is 2. The minimum Gasteiger partial charge on any atom is -0.486 e. The molecule has 0 aliphatic heterocycles. The molecule has 0 atom stereocenters. The number of carbonyl (C=O) groups excluding carboxylic acids is 1. The van der Waals surface area contributed by atoms with Crippen molar-refractivity contribution in [2.45, 2.75) is 11.5 Å². The monoisotopic (exact) mass is 610 g/mol. The van der Waals surface area contributed by atoms with Gasteiger partial charge in [0.25, 0.3) is 15.9 Å². The number of furan rings is 1. The third-order valence-corrected chi connectivity index (χ3v) is 6.66. The Labute approximate surface area is 213 Å². The minimum atomic E-state index is -3.89. The number of halogens is 2.